The monoisotopic (exact) mass is 169 g/mol. The van der Waals surface area contributed by atoms with Gasteiger partial charge >= 0.3 is 0 Å². The van der Waals surface area contributed by atoms with E-state index in [0.29, 0.717) is 5.41 Å². The predicted octanol–water partition coefficient (Wildman–Crippen LogP) is -0.476. The van der Waals surface area contributed by atoms with Crippen LogP contribution in [0.5, 0.6) is 0 Å². The Bertz CT molecular complexity index is 208. The largest absolute Gasteiger partial charge is 0.399 e. The summed E-state index contributed by atoms with van der Waals surface area (Å²) < 4.78 is 0. The zero-order chi connectivity index (χ0) is 8.60. The zero-order valence-electron chi connectivity index (χ0n) is 7.63. The average molecular weight is 169 g/mol. The van der Waals surface area contributed by atoms with Crippen LogP contribution in [0.3, 0.4) is 0 Å². The molecule has 0 radical (unpaired) electrons. The standard InChI is InChI=1S/C8H15N3O/c1-11-5-8(6-11)4-9-3-7(8)10-12-2/h9H,3-6H2,1-2H3. The molecule has 2 aliphatic heterocycles. The summed E-state index contributed by atoms with van der Waals surface area (Å²) in [5.41, 5.74) is 1.48. The fourth-order valence-corrected chi connectivity index (χ4v) is 2.23. The van der Waals surface area contributed by atoms with E-state index in [9.17, 15) is 0 Å². The SMILES string of the molecule is CON=C1CNCC12CN(C)C2. The molecule has 0 amide bonds. The van der Waals surface area contributed by atoms with Crippen molar-refractivity contribution in [2.24, 2.45) is 10.6 Å². The topological polar surface area (TPSA) is 36.9 Å². The molecule has 2 saturated heterocycles. The third kappa shape index (κ3) is 1.03. The second kappa shape index (κ2) is 2.71. The average Bonchev–Trinajstić information content (AvgIpc) is 2.34. The van der Waals surface area contributed by atoms with Crippen LogP contribution in [-0.2, 0) is 4.84 Å². The van der Waals surface area contributed by atoms with Crippen molar-refractivity contribution in [2.75, 3.05) is 40.3 Å². The maximum Gasteiger partial charge on any atom is 0.106 e. The molecule has 4 heteroatoms. The van der Waals surface area contributed by atoms with Crippen LogP contribution >= 0.6 is 0 Å². The highest BCUT2D eigenvalue weighted by Gasteiger charge is 2.48. The van der Waals surface area contributed by atoms with Gasteiger partial charge in [0.2, 0.25) is 0 Å². The molecular formula is C8H15N3O. The normalized spacial score (nSPS) is 31.0. The smallest absolute Gasteiger partial charge is 0.106 e. The second-order valence-electron chi connectivity index (χ2n) is 3.78. The van der Waals surface area contributed by atoms with Crippen molar-refractivity contribution >= 4 is 5.71 Å². The van der Waals surface area contributed by atoms with Crippen LogP contribution in [0.25, 0.3) is 0 Å². The number of oxime groups is 1. The molecule has 12 heavy (non-hydrogen) atoms. The minimum Gasteiger partial charge on any atom is -0.399 e. The van der Waals surface area contributed by atoms with Gasteiger partial charge in [-0.25, -0.2) is 0 Å². The molecule has 2 fully saturated rings. The van der Waals surface area contributed by atoms with Crippen molar-refractivity contribution in [3.63, 3.8) is 0 Å². The van der Waals surface area contributed by atoms with Crippen LogP contribution in [0.1, 0.15) is 0 Å². The molecule has 0 unspecified atom stereocenters. The fraction of sp³-hybridized carbons (Fsp3) is 0.875. The van der Waals surface area contributed by atoms with E-state index in [1.54, 1.807) is 7.11 Å². The first kappa shape index (κ1) is 8.01. The zero-order valence-corrected chi connectivity index (χ0v) is 7.63. The molecule has 2 rings (SSSR count). The van der Waals surface area contributed by atoms with Crippen LogP contribution in [0.4, 0.5) is 0 Å². The van der Waals surface area contributed by atoms with E-state index in [4.69, 9.17) is 4.84 Å². The van der Waals surface area contributed by atoms with Crippen LogP contribution < -0.4 is 5.32 Å². The van der Waals surface area contributed by atoms with E-state index >= 15 is 0 Å². The number of nitrogens with zero attached hydrogens (tertiary/aromatic N) is 2. The van der Waals surface area contributed by atoms with Gasteiger partial charge in [0, 0.05) is 26.2 Å². The van der Waals surface area contributed by atoms with Gasteiger partial charge in [0.15, 0.2) is 0 Å². The first-order chi connectivity index (χ1) is 5.77. The summed E-state index contributed by atoms with van der Waals surface area (Å²) in [4.78, 5) is 7.13. The lowest BCUT2D eigenvalue weighted by atomic mass is 9.78. The molecule has 4 nitrogen and oxygen atoms in total. The van der Waals surface area contributed by atoms with Gasteiger partial charge in [-0.2, -0.15) is 0 Å². The van der Waals surface area contributed by atoms with Crippen LogP contribution in [0.15, 0.2) is 5.16 Å². The maximum absolute atomic E-state index is 4.82. The lowest BCUT2D eigenvalue weighted by Crippen LogP contribution is -2.58. The molecule has 2 aliphatic rings. The van der Waals surface area contributed by atoms with Crippen molar-refractivity contribution in [1.82, 2.24) is 10.2 Å². The first-order valence-electron chi connectivity index (χ1n) is 4.27. The summed E-state index contributed by atoms with van der Waals surface area (Å²) >= 11 is 0. The summed E-state index contributed by atoms with van der Waals surface area (Å²) in [6, 6.07) is 0. The minimum atomic E-state index is 0.296. The van der Waals surface area contributed by atoms with Gasteiger partial charge in [0.25, 0.3) is 0 Å². The van der Waals surface area contributed by atoms with Crippen LogP contribution in [-0.4, -0.2) is 50.9 Å². The van der Waals surface area contributed by atoms with E-state index in [-0.39, 0.29) is 0 Å². The van der Waals surface area contributed by atoms with E-state index < -0.39 is 0 Å². The first-order valence-corrected chi connectivity index (χ1v) is 4.27. The predicted molar refractivity (Wildman–Crippen MR) is 47.2 cm³/mol. The van der Waals surface area contributed by atoms with E-state index in [2.05, 4.69) is 22.4 Å². The highest BCUT2D eigenvalue weighted by molar-refractivity contribution is 5.95. The third-order valence-electron chi connectivity index (χ3n) is 2.71. The summed E-state index contributed by atoms with van der Waals surface area (Å²) in [5, 5.41) is 7.39. The van der Waals surface area contributed by atoms with E-state index in [0.717, 1.165) is 26.2 Å². The Kier molecular flexibility index (Phi) is 1.81. The Balaban J connectivity index is 2.10. The number of nitrogens with one attached hydrogen (secondary N) is 1. The molecule has 68 valence electrons. The Labute approximate surface area is 72.6 Å². The van der Waals surface area contributed by atoms with Gasteiger partial charge in [-0.05, 0) is 7.05 Å². The Morgan fingerprint density at radius 1 is 1.58 bits per heavy atom. The molecule has 1 N–H and O–H groups in total. The molecular weight excluding hydrogens is 154 g/mol. The van der Waals surface area contributed by atoms with Crippen molar-refractivity contribution in [2.45, 2.75) is 0 Å². The minimum absolute atomic E-state index is 0.296. The lowest BCUT2D eigenvalue weighted by Gasteiger charge is -2.45. The van der Waals surface area contributed by atoms with Gasteiger partial charge in [-0.1, -0.05) is 5.16 Å². The lowest BCUT2D eigenvalue weighted by molar-refractivity contribution is 0.0893. The van der Waals surface area contributed by atoms with Gasteiger partial charge in [0.1, 0.15) is 7.11 Å². The Morgan fingerprint density at radius 2 is 2.33 bits per heavy atom. The Morgan fingerprint density at radius 3 is 2.92 bits per heavy atom. The Hall–Kier alpha value is -0.610. The molecule has 0 aromatic heterocycles. The van der Waals surface area contributed by atoms with Crippen molar-refractivity contribution in [3.8, 4) is 0 Å². The number of hydrogen-bond donors (Lipinski definition) is 1. The van der Waals surface area contributed by atoms with Gasteiger partial charge in [-0.3, -0.25) is 0 Å². The molecule has 0 aliphatic carbocycles. The molecule has 2 heterocycles. The number of hydrogen-bond acceptors (Lipinski definition) is 4. The summed E-state index contributed by atoms with van der Waals surface area (Å²) in [6.07, 6.45) is 0. The highest BCUT2D eigenvalue weighted by atomic mass is 16.6. The number of likely N-dealkylation sites (tertiary alicyclic amines) is 1. The molecule has 0 aromatic rings. The molecule has 0 bridgehead atoms. The molecule has 1 spiro atoms. The van der Waals surface area contributed by atoms with Crippen LogP contribution in [0.2, 0.25) is 0 Å². The van der Waals surface area contributed by atoms with Gasteiger partial charge in [0.05, 0.1) is 11.1 Å². The van der Waals surface area contributed by atoms with Crippen LogP contribution in [0, 0.1) is 5.41 Å². The van der Waals surface area contributed by atoms with Crippen molar-refractivity contribution < 1.29 is 4.84 Å². The number of rotatable bonds is 1. The fourth-order valence-electron chi connectivity index (χ4n) is 2.23. The summed E-state index contributed by atoms with van der Waals surface area (Å²) in [5.74, 6) is 0. The molecule has 0 saturated carbocycles. The van der Waals surface area contributed by atoms with E-state index in [1.165, 1.54) is 5.71 Å². The van der Waals surface area contributed by atoms with Crippen molar-refractivity contribution in [3.05, 3.63) is 0 Å². The molecule has 0 atom stereocenters. The molecule has 0 aromatic carbocycles. The van der Waals surface area contributed by atoms with Gasteiger partial charge in [-0.15, -0.1) is 0 Å². The maximum atomic E-state index is 4.82. The summed E-state index contributed by atoms with van der Waals surface area (Å²) in [6.45, 7) is 4.17. The second-order valence-corrected chi connectivity index (χ2v) is 3.78. The van der Waals surface area contributed by atoms with Gasteiger partial charge < -0.3 is 15.1 Å². The third-order valence-corrected chi connectivity index (χ3v) is 2.71. The highest BCUT2D eigenvalue weighted by Crippen LogP contribution is 2.33. The van der Waals surface area contributed by atoms with E-state index in [1.807, 2.05) is 0 Å². The van der Waals surface area contributed by atoms with Crippen molar-refractivity contribution in [1.29, 1.82) is 0 Å². The quantitative estimate of drug-likeness (QED) is 0.539. The summed E-state index contributed by atoms with van der Waals surface area (Å²) in [7, 11) is 3.75.